The number of thiophene rings is 1. The maximum absolute atomic E-state index is 13.0. The summed E-state index contributed by atoms with van der Waals surface area (Å²) in [5.41, 5.74) is 0.769. The largest absolute Gasteiger partial charge is 0.390 e. The molecule has 3 N–H and O–H groups in total. The van der Waals surface area contributed by atoms with Crippen LogP contribution >= 0.6 is 22.9 Å². The number of rotatable bonds is 6. The highest BCUT2D eigenvalue weighted by atomic mass is 32.1. The van der Waals surface area contributed by atoms with Crippen LogP contribution in [0.2, 0.25) is 0 Å². The van der Waals surface area contributed by atoms with Crippen molar-refractivity contribution in [2.24, 2.45) is 0 Å². The monoisotopic (exact) mass is 515 g/mol. The summed E-state index contributed by atoms with van der Waals surface area (Å²) in [5.74, 6) is 1.27. The van der Waals surface area contributed by atoms with Crippen LogP contribution in [-0.2, 0) is 0 Å². The van der Waals surface area contributed by atoms with Crippen LogP contribution in [0.5, 0.6) is 0 Å². The third kappa shape index (κ3) is 5.58. The van der Waals surface area contributed by atoms with Crippen LogP contribution < -0.4 is 10.6 Å². The lowest BCUT2D eigenvalue weighted by atomic mass is 9.84. The van der Waals surface area contributed by atoms with Gasteiger partial charge in [0.2, 0.25) is 5.95 Å². The number of nitrogens with zero attached hydrogens (tertiary/aromatic N) is 5. The van der Waals surface area contributed by atoms with Gasteiger partial charge in [0.1, 0.15) is 16.5 Å². The third-order valence-corrected chi connectivity index (χ3v) is 8.77. The van der Waals surface area contributed by atoms with E-state index in [1.807, 2.05) is 23.3 Å². The molecule has 0 radical (unpaired) electrons. The number of likely N-dealkylation sites (tertiary alicyclic amines) is 1. The number of aliphatic hydroxyl groups is 1. The second kappa shape index (κ2) is 9.96. The van der Waals surface area contributed by atoms with Crippen LogP contribution in [-0.4, -0.2) is 80.0 Å². The van der Waals surface area contributed by atoms with Gasteiger partial charge >= 0.3 is 0 Å². The van der Waals surface area contributed by atoms with Crippen molar-refractivity contribution in [3.8, 4) is 0 Å². The minimum absolute atomic E-state index is 0.0174. The number of carbonyl (C=O) groups is 1. The molecule has 1 aliphatic heterocycles. The van der Waals surface area contributed by atoms with E-state index < -0.39 is 5.60 Å². The summed E-state index contributed by atoms with van der Waals surface area (Å²) < 4.78 is 5.43. The van der Waals surface area contributed by atoms with Crippen molar-refractivity contribution >= 4 is 55.8 Å². The predicted molar refractivity (Wildman–Crippen MR) is 142 cm³/mol. The number of aromatic nitrogens is 3. The van der Waals surface area contributed by atoms with Crippen molar-refractivity contribution in [2.45, 2.75) is 63.1 Å². The van der Waals surface area contributed by atoms with Gasteiger partial charge in [-0.3, -0.25) is 4.79 Å². The molecule has 1 aliphatic carbocycles. The lowest BCUT2D eigenvalue weighted by molar-refractivity contribution is 0.0196. The van der Waals surface area contributed by atoms with Crippen LogP contribution in [0.1, 0.15) is 55.9 Å². The molecule has 35 heavy (non-hydrogen) atoms. The fourth-order valence-corrected chi connectivity index (χ4v) is 6.30. The lowest BCUT2D eigenvalue weighted by Crippen LogP contribution is -2.44. The normalized spacial score (nSPS) is 23.7. The Kier molecular flexibility index (Phi) is 6.93. The van der Waals surface area contributed by atoms with Gasteiger partial charge in [0.25, 0.3) is 5.91 Å². The first kappa shape index (κ1) is 24.4. The number of fused-ring (bicyclic) bond motifs is 1. The van der Waals surface area contributed by atoms with E-state index in [2.05, 4.69) is 39.0 Å². The fraction of sp³-hybridized carbons (Fsp3) is 0.583. The zero-order valence-electron chi connectivity index (χ0n) is 20.5. The van der Waals surface area contributed by atoms with Gasteiger partial charge in [-0.15, -0.1) is 11.3 Å². The summed E-state index contributed by atoms with van der Waals surface area (Å²) in [6, 6.07) is 4.58. The van der Waals surface area contributed by atoms with Crippen molar-refractivity contribution in [3.63, 3.8) is 0 Å². The highest BCUT2D eigenvalue weighted by Gasteiger charge is 2.29. The first-order valence-corrected chi connectivity index (χ1v) is 13.9. The standard InChI is InChI=1S/C24H33N7O2S2/c1-24(33)9-4-15(5-10-24)25-21-20-17(8-13-34-20)26-23(28-21)27-19-14-18(29-35-19)22(32)31-11-6-16(7-12-31)30(2)3/h8,13-16,33H,4-7,9-12H2,1-3H3,(H2,25,26,27,28). The fourth-order valence-electron chi connectivity index (χ4n) is 4.89. The number of hydrogen-bond donors (Lipinski definition) is 3. The molecule has 3 aromatic heterocycles. The van der Waals surface area contributed by atoms with Crippen LogP contribution in [0.25, 0.3) is 10.2 Å². The maximum atomic E-state index is 13.0. The average molecular weight is 516 g/mol. The van der Waals surface area contributed by atoms with E-state index >= 15 is 0 Å². The topological polar surface area (TPSA) is 107 Å². The molecular weight excluding hydrogens is 482 g/mol. The summed E-state index contributed by atoms with van der Waals surface area (Å²) in [5, 5.41) is 19.9. The number of carbonyl (C=O) groups excluding carboxylic acids is 1. The van der Waals surface area contributed by atoms with E-state index in [1.54, 1.807) is 17.4 Å². The minimum atomic E-state index is -0.571. The Morgan fingerprint density at radius 1 is 1.20 bits per heavy atom. The molecule has 2 aliphatic rings. The Morgan fingerprint density at radius 3 is 2.66 bits per heavy atom. The van der Waals surface area contributed by atoms with Crippen molar-refractivity contribution < 1.29 is 9.90 Å². The van der Waals surface area contributed by atoms with E-state index in [9.17, 15) is 9.90 Å². The molecule has 188 valence electrons. The van der Waals surface area contributed by atoms with E-state index in [1.165, 1.54) is 11.5 Å². The summed E-state index contributed by atoms with van der Waals surface area (Å²) in [7, 11) is 4.19. The number of amides is 1. The molecule has 5 rings (SSSR count). The molecule has 0 atom stereocenters. The number of hydrogen-bond acceptors (Lipinski definition) is 10. The molecule has 1 amide bonds. The first-order chi connectivity index (χ1) is 16.8. The second-order valence-corrected chi connectivity index (χ2v) is 11.9. The molecule has 0 unspecified atom stereocenters. The van der Waals surface area contributed by atoms with Crippen molar-refractivity contribution in [2.75, 3.05) is 37.8 Å². The van der Waals surface area contributed by atoms with E-state index in [0.717, 1.165) is 72.7 Å². The lowest BCUT2D eigenvalue weighted by Gasteiger charge is -2.34. The Hall–Kier alpha value is -2.34. The Bertz CT molecular complexity index is 1170. The van der Waals surface area contributed by atoms with E-state index in [4.69, 9.17) is 4.98 Å². The zero-order chi connectivity index (χ0) is 24.6. The SMILES string of the molecule is CN(C)C1CCN(C(=O)c2cc(Nc3nc(NC4CCC(C)(O)CC4)c4sccc4n3)sn2)CC1. The van der Waals surface area contributed by atoms with Crippen molar-refractivity contribution in [1.29, 1.82) is 0 Å². The van der Waals surface area contributed by atoms with Gasteiger partial charge in [0.15, 0.2) is 0 Å². The molecule has 0 aromatic carbocycles. The van der Waals surface area contributed by atoms with Crippen LogP contribution in [0.15, 0.2) is 17.5 Å². The van der Waals surface area contributed by atoms with Gasteiger partial charge in [0, 0.05) is 31.2 Å². The van der Waals surface area contributed by atoms with E-state index in [-0.39, 0.29) is 11.9 Å². The minimum Gasteiger partial charge on any atom is -0.390 e. The van der Waals surface area contributed by atoms with Gasteiger partial charge in [-0.25, -0.2) is 4.98 Å². The smallest absolute Gasteiger partial charge is 0.273 e. The molecule has 9 nitrogen and oxygen atoms in total. The van der Waals surface area contributed by atoms with Gasteiger partial charge < -0.3 is 25.5 Å². The Balaban J connectivity index is 1.27. The molecule has 2 fully saturated rings. The van der Waals surface area contributed by atoms with Crippen LogP contribution in [0.4, 0.5) is 16.8 Å². The Labute approximate surface area is 213 Å². The quantitative estimate of drug-likeness (QED) is 0.449. The molecule has 0 spiro atoms. The maximum Gasteiger partial charge on any atom is 0.273 e. The van der Waals surface area contributed by atoms with E-state index in [0.29, 0.717) is 17.7 Å². The number of piperidine rings is 1. The molecule has 0 bridgehead atoms. The molecule has 4 heterocycles. The van der Waals surface area contributed by atoms with Crippen LogP contribution in [0, 0.1) is 0 Å². The van der Waals surface area contributed by atoms with Gasteiger partial charge in [-0.1, -0.05) is 0 Å². The molecule has 1 saturated heterocycles. The number of anilines is 3. The summed E-state index contributed by atoms with van der Waals surface area (Å²) in [6.07, 6.45) is 5.32. The molecule has 11 heteroatoms. The van der Waals surface area contributed by atoms with Gasteiger partial charge in [0.05, 0.1) is 15.8 Å². The highest BCUT2D eigenvalue weighted by molar-refractivity contribution is 7.17. The van der Waals surface area contributed by atoms with Crippen molar-refractivity contribution in [3.05, 3.63) is 23.2 Å². The summed E-state index contributed by atoms with van der Waals surface area (Å²) in [4.78, 5) is 26.5. The highest BCUT2D eigenvalue weighted by Crippen LogP contribution is 2.33. The van der Waals surface area contributed by atoms with Crippen LogP contribution in [0.3, 0.4) is 0 Å². The predicted octanol–water partition coefficient (Wildman–Crippen LogP) is 4.16. The van der Waals surface area contributed by atoms with Crippen molar-refractivity contribution in [1.82, 2.24) is 24.1 Å². The average Bonchev–Trinajstić information content (AvgIpc) is 3.50. The number of nitrogens with one attached hydrogen (secondary N) is 2. The van der Waals surface area contributed by atoms with Gasteiger partial charge in [-0.05, 0) is 82.5 Å². The first-order valence-electron chi connectivity index (χ1n) is 12.2. The summed E-state index contributed by atoms with van der Waals surface area (Å²) >= 11 is 2.86. The Morgan fingerprint density at radius 2 is 1.94 bits per heavy atom. The second-order valence-electron chi connectivity index (χ2n) is 10.1. The zero-order valence-corrected chi connectivity index (χ0v) is 22.1. The third-order valence-electron chi connectivity index (χ3n) is 7.15. The molecular formula is C24H33N7O2S2. The molecule has 3 aromatic rings. The molecule has 1 saturated carbocycles. The summed E-state index contributed by atoms with van der Waals surface area (Å²) in [6.45, 7) is 3.42. The van der Waals surface area contributed by atoms with Gasteiger partial charge in [-0.2, -0.15) is 9.36 Å².